The van der Waals surface area contributed by atoms with Gasteiger partial charge in [0.15, 0.2) is 0 Å². The van der Waals surface area contributed by atoms with Crippen molar-refractivity contribution in [3.8, 4) is 0 Å². The monoisotopic (exact) mass is 345 g/mol. The number of fused-ring (bicyclic) bond motifs is 1. The molecule has 5 heteroatoms. The van der Waals surface area contributed by atoms with Gasteiger partial charge in [-0.25, -0.2) is 0 Å². The minimum absolute atomic E-state index is 0.0783. The number of hydrogen-bond donors (Lipinski definition) is 1. The van der Waals surface area contributed by atoms with Crippen molar-refractivity contribution in [3.63, 3.8) is 0 Å². The molecule has 1 aliphatic heterocycles. The van der Waals surface area contributed by atoms with Gasteiger partial charge in [0, 0.05) is 50.7 Å². The zero-order valence-corrected chi connectivity index (χ0v) is 16.2. The number of hydrogen-bond acceptors (Lipinski definition) is 4. The Morgan fingerprint density at radius 3 is 2.68 bits per heavy atom. The molecule has 1 aromatic carbocycles. The summed E-state index contributed by atoms with van der Waals surface area (Å²) in [5, 5.41) is 3.41. The van der Waals surface area contributed by atoms with Crippen molar-refractivity contribution in [2.45, 2.75) is 27.2 Å². The van der Waals surface area contributed by atoms with E-state index in [0.717, 1.165) is 43.9 Å². The highest BCUT2D eigenvalue weighted by atomic mass is 16.5. The zero-order valence-electron chi connectivity index (χ0n) is 16.2. The van der Waals surface area contributed by atoms with Crippen molar-refractivity contribution in [1.82, 2.24) is 9.80 Å². The smallest absolute Gasteiger partial charge is 0.253 e. The van der Waals surface area contributed by atoms with E-state index in [0.29, 0.717) is 6.54 Å². The fourth-order valence-corrected chi connectivity index (χ4v) is 2.98. The number of ether oxygens (including phenoxy) is 1. The molecule has 0 aromatic heterocycles. The van der Waals surface area contributed by atoms with Crippen LogP contribution in [0, 0.1) is 0 Å². The first-order valence-corrected chi connectivity index (χ1v) is 8.99. The van der Waals surface area contributed by atoms with E-state index in [1.807, 2.05) is 25.2 Å². The van der Waals surface area contributed by atoms with E-state index in [1.54, 1.807) is 12.0 Å². The number of nitrogens with zero attached hydrogens (tertiary/aromatic N) is 2. The van der Waals surface area contributed by atoms with Gasteiger partial charge in [0.05, 0.1) is 6.61 Å². The number of likely N-dealkylation sites (N-methyl/N-ethyl adjacent to an activating group) is 2. The number of benzene rings is 1. The van der Waals surface area contributed by atoms with Crippen LogP contribution in [-0.2, 0) is 11.2 Å². The van der Waals surface area contributed by atoms with Gasteiger partial charge in [-0.3, -0.25) is 9.69 Å². The maximum Gasteiger partial charge on any atom is 0.253 e. The third-order valence-corrected chi connectivity index (χ3v) is 4.93. The van der Waals surface area contributed by atoms with Crippen LogP contribution in [0.1, 0.15) is 36.7 Å². The van der Waals surface area contributed by atoms with Crippen molar-refractivity contribution < 1.29 is 9.53 Å². The molecule has 1 aliphatic rings. The highest BCUT2D eigenvalue weighted by Crippen LogP contribution is 2.28. The van der Waals surface area contributed by atoms with Gasteiger partial charge in [-0.05, 0) is 56.1 Å². The lowest BCUT2D eigenvalue weighted by Crippen LogP contribution is -2.37. The van der Waals surface area contributed by atoms with Crippen molar-refractivity contribution in [2.24, 2.45) is 0 Å². The van der Waals surface area contributed by atoms with Crippen LogP contribution in [0.4, 0.5) is 5.69 Å². The van der Waals surface area contributed by atoms with E-state index < -0.39 is 0 Å². The maximum absolute atomic E-state index is 12.7. The van der Waals surface area contributed by atoms with Crippen LogP contribution in [-0.4, -0.2) is 62.7 Å². The average molecular weight is 345 g/mol. The van der Waals surface area contributed by atoms with Gasteiger partial charge < -0.3 is 15.0 Å². The minimum atomic E-state index is 0.0783. The molecule has 138 valence electrons. The minimum Gasteiger partial charge on any atom is -0.383 e. The summed E-state index contributed by atoms with van der Waals surface area (Å²) in [4.78, 5) is 16.8. The quantitative estimate of drug-likeness (QED) is 0.787. The van der Waals surface area contributed by atoms with Crippen LogP contribution >= 0.6 is 0 Å². The number of nitrogens with one attached hydrogen (secondary N) is 1. The first-order chi connectivity index (χ1) is 12.0. The van der Waals surface area contributed by atoms with E-state index in [1.165, 1.54) is 16.8 Å². The van der Waals surface area contributed by atoms with Crippen LogP contribution in [0.15, 0.2) is 29.5 Å². The Hall–Kier alpha value is -1.85. The van der Waals surface area contributed by atoms with Gasteiger partial charge in [0.2, 0.25) is 0 Å². The summed E-state index contributed by atoms with van der Waals surface area (Å²) in [6.07, 6.45) is 0.902. The number of allylic oxidation sites excluding steroid dienone is 2. The molecule has 25 heavy (non-hydrogen) atoms. The summed E-state index contributed by atoms with van der Waals surface area (Å²) in [6.45, 7) is 10.5. The Labute approximate surface area is 151 Å². The second kappa shape index (κ2) is 9.02. The van der Waals surface area contributed by atoms with E-state index in [4.69, 9.17) is 4.74 Å². The molecule has 0 fully saturated rings. The third-order valence-electron chi connectivity index (χ3n) is 4.93. The van der Waals surface area contributed by atoms with E-state index in [2.05, 4.69) is 31.0 Å². The Morgan fingerprint density at radius 2 is 2.00 bits per heavy atom. The summed E-state index contributed by atoms with van der Waals surface area (Å²) in [7, 11) is 3.59. The highest BCUT2D eigenvalue weighted by Gasteiger charge is 2.17. The molecule has 1 heterocycles. The average Bonchev–Trinajstić information content (AvgIpc) is 2.61. The molecule has 1 amide bonds. The van der Waals surface area contributed by atoms with Crippen LogP contribution in [0.3, 0.4) is 0 Å². The lowest BCUT2D eigenvalue weighted by molar-refractivity contribution is 0.0769. The zero-order chi connectivity index (χ0) is 18.4. The molecular formula is C20H31N3O2. The molecule has 1 aromatic rings. The number of rotatable bonds is 8. The van der Waals surface area contributed by atoms with Gasteiger partial charge in [-0.15, -0.1) is 0 Å². The molecule has 0 atom stereocenters. The van der Waals surface area contributed by atoms with Crippen molar-refractivity contribution >= 4 is 11.6 Å². The van der Waals surface area contributed by atoms with Crippen LogP contribution in [0.5, 0.6) is 0 Å². The first kappa shape index (κ1) is 19.5. The number of carbonyl (C=O) groups excluding carboxylic acids is 1. The van der Waals surface area contributed by atoms with E-state index in [-0.39, 0.29) is 5.91 Å². The predicted molar refractivity (Wildman–Crippen MR) is 103 cm³/mol. The second-order valence-electron chi connectivity index (χ2n) is 6.73. The molecule has 0 saturated carbocycles. The number of anilines is 1. The number of carbonyl (C=O) groups is 1. The van der Waals surface area contributed by atoms with Gasteiger partial charge in [0.1, 0.15) is 0 Å². The number of amides is 1. The van der Waals surface area contributed by atoms with Crippen LogP contribution < -0.4 is 5.32 Å². The Morgan fingerprint density at radius 1 is 1.24 bits per heavy atom. The standard InChI is InChI=1S/C20H31N3O2/c1-6-23(11-12-25-5)10-9-22(4)20(24)17-7-8-19-18(14-17)13-15(2)16(3)21-19/h7-8,14,21H,6,9-13H2,1-5H3. The summed E-state index contributed by atoms with van der Waals surface area (Å²) in [5.74, 6) is 0.0783. The summed E-state index contributed by atoms with van der Waals surface area (Å²) in [5.41, 5.74) is 5.59. The van der Waals surface area contributed by atoms with Crippen LogP contribution in [0.25, 0.3) is 0 Å². The maximum atomic E-state index is 12.7. The summed E-state index contributed by atoms with van der Waals surface area (Å²) < 4.78 is 5.13. The highest BCUT2D eigenvalue weighted by molar-refractivity contribution is 5.95. The Kier molecular flexibility index (Phi) is 7.02. The molecule has 0 spiro atoms. The molecule has 0 unspecified atom stereocenters. The molecule has 0 bridgehead atoms. The molecule has 5 nitrogen and oxygen atoms in total. The summed E-state index contributed by atoms with van der Waals surface area (Å²) >= 11 is 0. The normalized spacial score (nSPS) is 13.7. The molecule has 0 radical (unpaired) electrons. The fraction of sp³-hybridized carbons (Fsp3) is 0.550. The third kappa shape index (κ3) is 5.06. The van der Waals surface area contributed by atoms with Crippen LogP contribution in [0.2, 0.25) is 0 Å². The van der Waals surface area contributed by atoms with Crippen molar-refractivity contribution in [3.05, 3.63) is 40.6 Å². The van der Waals surface area contributed by atoms with Gasteiger partial charge in [-0.2, -0.15) is 0 Å². The molecule has 0 saturated heterocycles. The largest absolute Gasteiger partial charge is 0.383 e. The fourth-order valence-electron chi connectivity index (χ4n) is 2.98. The topological polar surface area (TPSA) is 44.8 Å². The van der Waals surface area contributed by atoms with Crippen molar-refractivity contribution in [2.75, 3.05) is 52.3 Å². The molecule has 1 N–H and O–H groups in total. The second-order valence-corrected chi connectivity index (χ2v) is 6.73. The molecule has 2 rings (SSSR count). The lowest BCUT2D eigenvalue weighted by atomic mass is 9.97. The number of methoxy groups -OCH3 is 1. The van der Waals surface area contributed by atoms with Gasteiger partial charge in [0.25, 0.3) is 5.91 Å². The summed E-state index contributed by atoms with van der Waals surface area (Å²) in [6, 6.07) is 5.96. The molecular weight excluding hydrogens is 314 g/mol. The Balaban J connectivity index is 1.98. The molecule has 0 aliphatic carbocycles. The predicted octanol–water partition coefficient (Wildman–Crippen LogP) is 2.99. The van der Waals surface area contributed by atoms with Gasteiger partial charge >= 0.3 is 0 Å². The lowest BCUT2D eigenvalue weighted by Gasteiger charge is -2.25. The van der Waals surface area contributed by atoms with E-state index in [9.17, 15) is 4.79 Å². The van der Waals surface area contributed by atoms with Gasteiger partial charge in [-0.1, -0.05) is 6.92 Å². The first-order valence-electron chi connectivity index (χ1n) is 8.99. The SMILES string of the molecule is CCN(CCOC)CCN(C)C(=O)c1ccc2c(c1)CC(C)=C(C)N2. The van der Waals surface area contributed by atoms with E-state index >= 15 is 0 Å². The van der Waals surface area contributed by atoms with Crippen molar-refractivity contribution in [1.29, 1.82) is 0 Å². The Bertz CT molecular complexity index is 640.